The van der Waals surface area contributed by atoms with Crippen LogP contribution < -0.4 is 14.8 Å². The molecule has 0 amide bonds. The lowest BCUT2D eigenvalue weighted by molar-refractivity contribution is 0.169. The monoisotopic (exact) mass is 267 g/mol. The number of halogens is 1. The summed E-state index contributed by atoms with van der Waals surface area (Å²) in [5, 5.41) is 4.22. The lowest BCUT2D eigenvalue weighted by Gasteiger charge is -2.25. The number of fused-ring (bicyclic) bond motifs is 1. The SMILES string of the molecule is CCc1c2c(cc(Cl)c1C1CCNC1)OCCO2. The van der Waals surface area contributed by atoms with E-state index < -0.39 is 0 Å². The van der Waals surface area contributed by atoms with Gasteiger partial charge in [-0.15, -0.1) is 0 Å². The van der Waals surface area contributed by atoms with E-state index in [4.69, 9.17) is 21.1 Å². The fourth-order valence-electron chi connectivity index (χ4n) is 2.93. The average molecular weight is 268 g/mol. The molecule has 0 spiro atoms. The molecule has 0 aromatic heterocycles. The Labute approximate surface area is 112 Å². The molecule has 1 saturated heterocycles. The van der Waals surface area contributed by atoms with Gasteiger partial charge in [-0.25, -0.2) is 0 Å². The molecule has 1 aromatic rings. The van der Waals surface area contributed by atoms with Crippen LogP contribution >= 0.6 is 11.6 Å². The van der Waals surface area contributed by atoms with Crippen LogP contribution in [-0.4, -0.2) is 26.3 Å². The van der Waals surface area contributed by atoms with Crippen molar-refractivity contribution in [2.75, 3.05) is 26.3 Å². The summed E-state index contributed by atoms with van der Waals surface area (Å²) in [5.74, 6) is 2.22. The number of nitrogens with one attached hydrogen (secondary N) is 1. The van der Waals surface area contributed by atoms with Crippen LogP contribution in [0.1, 0.15) is 30.4 Å². The van der Waals surface area contributed by atoms with Crippen LogP contribution in [0.4, 0.5) is 0 Å². The third-order valence-corrected chi connectivity index (χ3v) is 4.06. The molecule has 3 nitrogen and oxygen atoms in total. The molecule has 1 atom stereocenters. The number of hydrogen-bond donors (Lipinski definition) is 1. The molecule has 3 rings (SSSR count). The molecular weight excluding hydrogens is 250 g/mol. The normalized spacial score (nSPS) is 22.2. The largest absolute Gasteiger partial charge is 0.486 e. The van der Waals surface area contributed by atoms with Crippen molar-refractivity contribution in [1.29, 1.82) is 0 Å². The van der Waals surface area contributed by atoms with Gasteiger partial charge in [0.1, 0.15) is 13.2 Å². The number of rotatable bonds is 2. The van der Waals surface area contributed by atoms with Crippen LogP contribution in [0.2, 0.25) is 5.02 Å². The lowest BCUT2D eigenvalue weighted by Crippen LogP contribution is -2.18. The summed E-state index contributed by atoms with van der Waals surface area (Å²) in [6.45, 7) is 5.46. The fraction of sp³-hybridized carbons (Fsp3) is 0.571. The summed E-state index contributed by atoms with van der Waals surface area (Å²) < 4.78 is 11.4. The van der Waals surface area contributed by atoms with Crippen LogP contribution in [0.15, 0.2) is 6.07 Å². The smallest absolute Gasteiger partial charge is 0.164 e. The first kappa shape index (κ1) is 12.1. The van der Waals surface area contributed by atoms with Crippen molar-refractivity contribution in [3.8, 4) is 11.5 Å². The standard InChI is InChI=1S/C14H18ClNO2/c1-2-10-13(9-3-4-16-8-9)11(15)7-12-14(10)18-6-5-17-12/h7,9,16H,2-6,8H2,1H3. The van der Waals surface area contributed by atoms with Gasteiger partial charge >= 0.3 is 0 Å². The molecule has 98 valence electrons. The second-order valence-electron chi connectivity index (χ2n) is 4.82. The van der Waals surface area contributed by atoms with Crippen molar-refractivity contribution in [3.63, 3.8) is 0 Å². The van der Waals surface area contributed by atoms with Crippen LogP contribution in [-0.2, 0) is 6.42 Å². The van der Waals surface area contributed by atoms with Crippen molar-refractivity contribution >= 4 is 11.6 Å². The number of benzene rings is 1. The van der Waals surface area contributed by atoms with Crippen LogP contribution in [0.25, 0.3) is 0 Å². The van der Waals surface area contributed by atoms with E-state index in [1.807, 2.05) is 6.07 Å². The van der Waals surface area contributed by atoms with Crippen molar-refractivity contribution in [1.82, 2.24) is 5.32 Å². The average Bonchev–Trinajstić information content (AvgIpc) is 2.90. The van der Waals surface area contributed by atoms with Crippen LogP contribution in [0, 0.1) is 0 Å². The third-order valence-electron chi connectivity index (χ3n) is 3.75. The van der Waals surface area contributed by atoms with E-state index in [1.54, 1.807) is 0 Å². The van der Waals surface area contributed by atoms with Gasteiger partial charge in [0, 0.05) is 23.2 Å². The summed E-state index contributed by atoms with van der Waals surface area (Å²) in [7, 11) is 0. The van der Waals surface area contributed by atoms with Gasteiger partial charge in [0.15, 0.2) is 11.5 Å². The van der Waals surface area contributed by atoms with E-state index in [-0.39, 0.29) is 0 Å². The molecule has 0 bridgehead atoms. The molecule has 1 unspecified atom stereocenters. The van der Waals surface area contributed by atoms with Crippen molar-refractivity contribution in [2.45, 2.75) is 25.7 Å². The molecule has 2 aliphatic heterocycles. The second kappa shape index (κ2) is 4.98. The van der Waals surface area contributed by atoms with Gasteiger partial charge in [-0.3, -0.25) is 0 Å². The number of ether oxygens (including phenoxy) is 2. The zero-order valence-corrected chi connectivity index (χ0v) is 11.3. The van der Waals surface area contributed by atoms with Gasteiger partial charge in [-0.1, -0.05) is 18.5 Å². The molecule has 1 aromatic carbocycles. The van der Waals surface area contributed by atoms with E-state index in [2.05, 4.69) is 12.2 Å². The highest BCUT2D eigenvalue weighted by atomic mass is 35.5. The van der Waals surface area contributed by atoms with E-state index in [0.717, 1.165) is 42.5 Å². The maximum Gasteiger partial charge on any atom is 0.164 e. The van der Waals surface area contributed by atoms with Gasteiger partial charge in [0.05, 0.1) is 0 Å². The Kier molecular flexibility index (Phi) is 3.35. The van der Waals surface area contributed by atoms with Gasteiger partial charge < -0.3 is 14.8 Å². The Balaban J connectivity index is 2.11. The summed E-state index contributed by atoms with van der Waals surface area (Å²) >= 11 is 6.46. The minimum absolute atomic E-state index is 0.503. The van der Waals surface area contributed by atoms with Crippen LogP contribution in [0.5, 0.6) is 11.5 Å². The predicted molar refractivity (Wildman–Crippen MR) is 72.0 cm³/mol. The highest BCUT2D eigenvalue weighted by Gasteiger charge is 2.27. The van der Waals surface area contributed by atoms with Gasteiger partial charge in [-0.05, 0) is 30.9 Å². The van der Waals surface area contributed by atoms with E-state index in [1.165, 1.54) is 11.1 Å². The first-order valence-corrected chi connectivity index (χ1v) is 7.00. The van der Waals surface area contributed by atoms with Crippen molar-refractivity contribution < 1.29 is 9.47 Å². The first-order chi connectivity index (χ1) is 8.81. The quantitative estimate of drug-likeness (QED) is 0.894. The molecular formula is C14H18ClNO2. The maximum atomic E-state index is 6.46. The summed E-state index contributed by atoms with van der Waals surface area (Å²) in [6, 6.07) is 1.92. The molecule has 0 radical (unpaired) electrons. The van der Waals surface area contributed by atoms with Gasteiger partial charge in [-0.2, -0.15) is 0 Å². The molecule has 1 N–H and O–H groups in total. The molecule has 0 aliphatic carbocycles. The summed E-state index contributed by atoms with van der Waals surface area (Å²) in [6.07, 6.45) is 2.07. The Morgan fingerprint density at radius 3 is 2.94 bits per heavy atom. The summed E-state index contributed by atoms with van der Waals surface area (Å²) in [5.41, 5.74) is 2.49. The fourth-order valence-corrected chi connectivity index (χ4v) is 3.30. The van der Waals surface area contributed by atoms with Crippen molar-refractivity contribution in [3.05, 3.63) is 22.2 Å². The molecule has 1 fully saturated rings. The highest BCUT2D eigenvalue weighted by molar-refractivity contribution is 6.31. The van der Waals surface area contributed by atoms with Crippen molar-refractivity contribution in [2.24, 2.45) is 0 Å². The molecule has 2 heterocycles. The highest BCUT2D eigenvalue weighted by Crippen LogP contribution is 2.44. The second-order valence-corrected chi connectivity index (χ2v) is 5.23. The minimum atomic E-state index is 0.503. The van der Waals surface area contributed by atoms with Gasteiger partial charge in [0.2, 0.25) is 0 Å². The molecule has 2 aliphatic rings. The molecule has 18 heavy (non-hydrogen) atoms. The van der Waals surface area contributed by atoms with E-state index >= 15 is 0 Å². The third kappa shape index (κ3) is 1.95. The lowest BCUT2D eigenvalue weighted by atomic mass is 9.91. The zero-order chi connectivity index (χ0) is 12.5. The Bertz CT molecular complexity index is 456. The molecule has 0 saturated carbocycles. The molecule has 4 heteroatoms. The van der Waals surface area contributed by atoms with Crippen LogP contribution in [0.3, 0.4) is 0 Å². The zero-order valence-electron chi connectivity index (χ0n) is 10.6. The Morgan fingerprint density at radius 1 is 1.39 bits per heavy atom. The van der Waals surface area contributed by atoms with Gasteiger partial charge in [0.25, 0.3) is 0 Å². The topological polar surface area (TPSA) is 30.5 Å². The minimum Gasteiger partial charge on any atom is -0.486 e. The van der Waals surface area contributed by atoms with E-state index in [9.17, 15) is 0 Å². The Hall–Kier alpha value is -0.930. The maximum absolute atomic E-state index is 6.46. The predicted octanol–water partition coefficient (Wildman–Crippen LogP) is 2.75. The first-order valence-electron chi connectivity index (χ1n) is 6.62. The summed E-state index contributed by atoms with van der Waals surface area (Å²) in [4.78, 5) is 0. The Morgan fingerprint density at radius 2 is 2.22 bits per heavy atom. The number of hydrogen-bond acceptors (Lipinski definition) is 3. The van der Waals surface area contributed by atoms with E-state index in [0.29, 0.717) is 19.1 Å².